The van der Waals surface area contributed by atoms with Crippen molar-refractivity contribution < 1.29 is 9.18 Å². The fourth-order valence-corrected chi connectivity index (χ4v) is 1.92. The van der Waals surface area contributed by atoms with Crippen LogP contribution in [0.3, 0.4) is 0 Å². The summed E-state index contributed by atoms with van der Waals surface area (Å²) in [6, 6.07) is 14.1. The number of rotatable bonds is 3. The summed E-state index contributed by atoms with van der Waals surface area (Å²) in [5.41, 5.74) is 1.02. The van der Waals surface area contributed by atoms with Crippen molar-refractivity contribution in [1.29, 1.82) is 0 Å². The van der Waals surface area contributed by atoms with E-state index < -0.39 is 11.7 Å². The van der Waals surface area contributed by atoms with Crippen LogP contribution in [0.15, 0.2) is 53.0 Å². The average molecular weight is 308 g/mol. The lowest BCUT2D eigenvalue weighted by Gasteiger charge is -2.06. The molecule has 0 aliphatic rings. The minimum absolute atomic E-state index is 0.0420. The van der Waals surface area contributed by atoms with E-state index in [1.54, 1.807) is 12.1 Å². The summed E-state index contributed by atoms with van der Waals surface area (Å²) < 4.78 is 14.0. The number of benzene rings is 2. The Hall–Kier alpha value is -1.68. The van der Waals surface area contributed by atoms with Gasteiger partial charge in [0.15, 0.2) is 0 Å². The minimum atomic E-state index is -0.539. The molecule has 0 bridgehead atoms. The molecule has 0 spiro atoms. The lowest BCUT2D eigenvalue weighted by molar-refractivity contribution is 0.0946. The van der Waals surface area contributed by atoms with Crippen LogP contribution < -0.4 is 5.32 Å². The predicted molar refractivity (Wildman–Crippen MR) is 71.7 cm³/mol. The van der Waals surface area contributed by atoms with Crippen molar-refractivity contribution in [3.8, 4) is 0 Å². The summed E-state index contributed by atoms with van der Waals surface area (Å²) in [4.78, 5) is 11.8. The van der Waals surface area contributed by atoms with Gasteiger partial charge in [-0.05, 0) is 33.6 Å². The molecule has 2 nitrogen and oxygen atoms in total. The van der Waals surface area contributed by atoms with E-state index in [0.717, 1.165) is 5.56 Å². The van der Waals surface area contributed by atoms with E-state index in [1.807, 2.05) is 30.3 Å². The summed E-state index contributed by atoms with van der Waals surface area (Å²) in [6.45, 7) is 0.381. The Kier molecular flexibility index (Phi) is 4.10. The van der Waals surface area contributed by atoms with Gasteiger partial charge < -0.3 is 5.32 Å². The molecule has 0 atom stereocenters. The number of carbonyl (C=O) groups is 1. The molecule has 0 unspecified atom stereocenters. The molecule has 92 valence electrons. The number of halogens is 2. The van der Waals surface area contributed by atoms with Crippen LogP contribution in [0.1, 0.15) is 15.9 Å². The van der Waals surface area contributed by atoms with Gasteiger partial charge in [0.25, 0.3) is 5.91 Å². The van der Waals surface area contributed by atoms with E-state index in [1.165, 1.54) is 6.07 Å². The number of hydrogen-bond donors (Lipinski definition) is 1. The quantitative estimate of drug-likeness (QED) is 0.923. The van der Waals surface area contributed by atoms with Gasteiger partial charge in [0.05, 0.1) is 10.0 Å². The SMILES string of the molecule is O=C(NCc1ccccc1)c1cccc(Br)c1F. The third-order valence-electron chi connectivity index (χ3n) is 2.49. The Morgan fingerprint density at radius 1 is 1.11 bits per heavy atom. The molecule has 2 rings (SSSR count). The first-order chi connectivity index (χ1) is 8.68. The second-order valence-corrected chi connectivity index (χ2v) is 4.62. The maximum absolute atomic E-state index is 13.7. The maximum Gasteiger partial charge on any atom is 0.254 e. The van der Waals surface area contributed by atoms with Gasteiger partial charge >= 0.3 is 0 Å². The zero-order valence-electron chi connectivity index (χ0n) is 9.49. The van der Waals surface area contributed by atoms with Crippen LogP contribution in [0, 0.1) is 5.82 Å². The third kappa shape index (κ3) is 2.96. The van der Waals surface area contributed by atoms with Crippen LogP contribution in [0.2, 0.25) is 0 Å². The molecule has 1 N–H and O–H groups in total. The fourth-order valence-electron chi connectivity index (χ4n) is 1.55. The molecule has 4 heteroatoms. The lowest BCUT2D eigenvalue weighted by Crippen LogP contribution is -2.23. The molecule has 0 radical (unpaired) electrons. The minimum Gasteiger partial charge on any atom is -0.348 e. The van der Waals surface area contributed by atoms with Gasteiger partial charge in [0.1, 0.15) is 5.82 Å². The first-order valence-electron chi connectivity index (χ1n) is 5.44. The van der Waals surface area contributed by atoms with E-state index in [-0.39, 0.29) is 10.0 Å². The van der Waals surface area contributed by atoms with E-state index in [2.05, 4.69) is 21.2 Å². The van der Waals surface area contributed by atoms with Crippen molar-refractivity contribution in [3.63, 3.8) is 0 Å². The first kappa shape index (κ1) is 12.8. The van der Waals surface area contributed by atoms with Gasteiger partial charge in [-0.1, -0.05) is 36.4 Å². The molecule has 18 heavy (non-hydrogen) atoms. The number of amides is 1. The molecule has 0 heterocycles. The first-order valence-corrected chi connectivity index (χ1v) is 6.24. The van der Waals surface area contributed by atoms with Crippen LogP contribution in [-0.2, 0) is 6.54 Å². The molecular weight excluding hydrogens is 297 g/mol. The number of hydrogen-bond acceptors (Lipinski definition) is 1. The van der Waals surface area contributed by atoms with Crippen molar-refractivity contribution in [2.24, 2.45) is 0 Å². The van der Waals surface area contributed by atoms with Gasteiger partial charge in [0, 0.05) is 6.54 Å². The Morgan fingerprint density at radius 3 is 2.56 bits per heavy atom. The molecule has 2 aromatic carbocycles. The molecular formula is C14H11BrFNO. The van der Waals surface area contributed by atoms with Gasteiger partial charge in [0.2, 0.25) is 0 Å². The summed E-state index contributed by atoms with van der Waals surface area (Å²) in [5.74, 6) is -0.958. The van der Waals surface area contributed by atoms with Crippen LogP contribution in [-0.4, -0.2) is 5.91 Å². The van der Waals surface area contributed by atoms with E-state index in [0.29, 0.717) is 6.54 Å². The molecule has 0 aliphatic carbocycles. The monoisotopic (exact) mass is 307 g/mol. The maximum atomic E-state index is 13.7. The fraction of sp³-hybridized carbons (Fsp3) is 0.0714. The van der Waals surface area contributed by atoms with Crippen molar-refractivity contribution >= 4 is 21.8 Å². The van der Waals surface area contributed by atoms with Crippen LogP contribution >= 0.6 is 15.9 Å². The van der Waals surface area contributed by atoms with Gasteiger partial charge in [-0.2, -0.15) is 0 Å². The highest BCUT2D eigenvalue weighted by Crippen LogP contribution is 2.18. The summed E-state index contributed by atoms with van der Waals surface area (Å²) >= 11 is 3.06. The van der Waals surface area contributed by atoms with Gasteiger partial charge in [-0.15, -0.1) is 0 Å². The Bertz CT molecular complexity index is 557. The topological polar surface area (TPSA) is 29.1 Å². The second-order valence-electron chi connectivity index (χ2n) is 3.77. The largest absolute Gasteiger partial charge is 0.348 e. The highest BCUT2D eigenvalue weighted by molar-refractivity contribution is 9.10. The lowest BCUT2D eigenvalue weighted by atomic mass is 10.2. The van der Waals surface area contributed by atoms with E-state index in [9.17, 15) is 9.18 Å². The molecule has 0 fully saturated rings. The average Bonchev–Trinajstić information content (AvgIpc) is 2.40. The number of carbonyl (C=O) groups excluding carboxylic acids is 1. The van der Waals surface area contributed by atoms with Crippen LogP contribution in [0.5, 0.6) is 0 Å². The summed E-state index contributed by atoms with van der Waals surface area (Å²) in [5, 5.41) is 2.68. The van der Waals surface area contributed by atoms with Crippen molar-refractivity contribution in [3.05, 3.63) is 69.9 Å². The van der Waals surface area contributed by atoms with E-state index >= 15 is 0 Å². The van der Waals surface area contributed by atoms with Crippen molar-refractivity contribution in [2.45, 2.75) is 6.54 Å². The Morgan fingerprint density at radius 2 is 1.83 bits per heavy atom. The molecule has 0 aliphatic heterocycles. The van der Waals surface area contributed by atoms with Crippen molar-refractivity contribution in [1.82, 2.24) is 5.32 Å². The van der Waals surface area contributed by atoms with Crippen molar-refractivity contribution in [2.75, 3.05) is 0 Å². The number of nitrogens with one attached hydrogen (secondary N) is 1. The Labute approximate surface area is 113 Å². The predicted octanol–water partition coefficient (Wildman–Crippen LogP) is 3.52. The molecule has 0 saturated heterocycles. The van der Waals surface area contributed by atoms with Gasteiger partial charge in [-0.3, -0.25) is 4.79 Å². The molecule has 0 saturated carbocycles. The second kappa shape index (κ2) is 5.78. The zero-order chi connectivity index (χ0) is 13.0. The smallest absolute Gasteiger partial charge is 0.254 e. The molecule has 1 amide bonds. The highest BCUT2D eigenvalue weighted by atomic mass is 79.9. The Balaban J connectivity index is 2.07. The highest BCUT2D eigenvalue weighted by Gasteiger charge is 2.13. The van der Waals surface area contributed by atoms with Crippen LogP contribution in [0.25, 0.3) is 0 Å². The molecule has 0 aromatic heterocycles. The molecule has 2 aromatic rings. The normalized spacial score (nSPS) is 10.1. The summed E-state index contributed by atoms with van der Waals surface area (Å²) in [6.07, 6.45) is 0. The summed E-state index contributed by atoms with van der Waals surface area (Å²) in [7, 11) is 0. The van der Waals surface area contributed by atoms with Gasteiger partial charge in [-0.25, -0.2) is 4.39 Å². The zero-order valence-corrected chi connectivity index (χ0v) is 11.1. The van der Waals surface area contributed by atoms with Crippen LogP contribution in [0.4, 0.5) is 4.39 Å². The standard InChI is InChI=1S/C14H11BrFNO/c15-12-8-4-7-11(13(12)16)14(18)17-9-10-5-2-1-3-6-10/h1-8H,9H2,(H,17,18). The third-order valence-corrected chi connectivity index (χ3v) is 3.10. The van der Waals surface area contributed by atoms with E-state index in [4.69, 9.17) is 0 Å².